The van der Waals surface area contributed by atoms with E-state index in [4.69, 9.17) is 14.2 Å². The van der Waals surface area contributed by atoms with Crippen LogP contribution in [0.25, 0.3) is 0 Å². The second-order valence-electron chi connectivity index (χ2n) is 9.65. The molecule has 1 aliphatic heterocycles. The summed E-state index contributed by atoms with van der Waals surface area (Å²) in [6.07, 6.45) is 0.334. The van der Waals surface area contributed by atoms with Crippen molar-refractivity contribution in [2.45, 2.75) is 91.9 Å². The summed E-state index contributed by atoms with van der Waals surface area (Å²) in [6, 6.07) is -0.988. The Morgan fingerprint density at radius 3 is 2.06 bits per heavy atom. The largest absolute Gasteiger partial charge is 0.464 e. The van der Waals surface area contributed by atoms with Gasteiger partial charge in [0.1, 0.15) is 11.8 Å². The zero-order valence-corrected chi connectivity index (χ0v) is 21.2. The molecular weight excluding hydrogens is 442 g/mol. The smallest absolute Gasteiger partial charge is 0.334 e. The fourth-order valence-corrected chi connectivity index (χ4v) is 5.16. The second kappa shape index (κ2) is 12.4. The van der Waals surface area contributed by atoms with Crippen LogP contribution in [0.15, 0.2) is 0 Å². The van der Waals surface area contributed by atoms with Crippen LogP contribution in [-0.4, -0.2) is 65.9 Å². The summed E-state index contributed by atoms with van der Waals surface area (Å²) in [4.78, 5) is 63.9. The molecule has 2 fully saturated rings. The van der Waals surface area contributed by atoms with Crippen molar-refractivity contribution >= 4 is 29.5 Å². The number of carbonyl (C=O) groups is 5. The van der Waals surface area contributed by atoms with E-state index >= 15 is 0 Å². The Hall–Kier alpha value is -2.29. The van der Waals surface area contributed by atoms with Gasteiger partial charge in [-0.3, -0.25) is 19.3 Å². The first-order valence-electron chi connectivity index (χ1n) is 12.4. The van der Waals surface area contributed by atoms with Crippen LogP contribution in [0.4, 0.5) is 0 Å². The van der Waals surface area contributed by atoms with Gasteiger partial charge in [-0.15, -0.1) is 0 Å². The molecule has 0 radical (unpaired) electrons. The van der Waals surface area contributed by atoms with Gasteiger partial charge in [0.15, 0.2) is 6.10 Å². The molecule has 9 nitrogen and oxygen atoms in total. The molecule has 9 heteroatoms. The highest BCUT2D eigenvalue weighted by Crippen LogP contribution is 2.37. The minimum absolute atomic E-state index is 0.0507. The van der Waals surface area contributed by atoms with Gasteiger partial charge in [-0.2, -0.15) is 0 Å². The normalized spacial score (nSPS) is 26.7. The predicted octanol–water partition coefficient (Wildman–Crippen LogP) is 2.68. The molecule has 0 aromatic rings. The van der Waals surface area contributed by atoms with Crippen molar-refractivity contribution in [3.8, 4) is 0 Å². The summed E-state index contributed by atoms with van der Waals surface area (Å²) in [5.74, 6) is -2.52. The SMILES string of the molecule is CCOC(=O)C(C)OC(CC1CC(=O)N(C(C)C(=O)OCC)C(=O)C1)C1C[C@@H](C)C[C@H](C)C1=O. The third kappa shape index (κ3) is 6.87. The second-order valence-corrected chi connectivity index (χ2v) is 9.65. The minimum Gasteiger partial charge on any atom is -0.464 e. The van der Waals surface area contributed by atoms with Crippen LogP contribution in [0, 0.1) is 23.7 Å². The highest BCUT2D eigenvalue weighted by Gasteiger charge is 2.43. The molecule has 1 saturated carbocycles. The van der Waals surface area contributed by atoms with Crippen molar-refractivity contribution < 1.29 is 38.2 Å². The first-order valence-corrected chi connectivity index (χ1v) is 12.4. The van der Waals surface area contributed by atoms with Crippen LogP contribution in [0.5, 0.6) is 0 Å². The third-order valence-corrected chi connectivity index (χ3v) is 6.75. The van der Waals surface area contributed by atoms with Crippen LogP contribution in [0.3, 0.4) is 0 Å². The molecule has 0 aromatic carbocycles. The number of Topliss-reactive ketones (excluding diaryl/α,β-unsaturated/α-hetero) is 1. The lowest BCUT2D eigenvalue weighted by Crippen LogP contribution is -2.52. The van der Waals surface area contributed by atoms with Crippen LogP contribution < -0.4 is 0 Å². The number of esters is 2. The maximum Gasteiger partial charge on any atom is 0.334 e. The molecule has 0 spiro atoms. The van der Waals surface area contributed by atoms with Crippen molar-refractivity contribution in [2.75, 3.05) is 13.2 Å². The molecule has 0 bridgehead atoms. The first-order chi connectivity index (χ1) is 16.0. The van der Waals surface area contributed by atoms with Gasteiger partial charge in [0.25, 0.3) is 0 Å². The summed E-state index contributed by atoms with van der Waals surface area (Å²) < 4.78 is 16.1. The van der Waals surface area contributed by atoms with E-state index in [1.807, 2.05) is 6.92 Å². The quantitative estimate of drug-likeness (QED) is 0.345. The van der Waals surface area contributed by atoms with Crippen LogP contribution in [0.1, 0.15) is 73.6 Å². The molecule has 6 atom stereocenters. The Morgan fingerprint density at radius 2 is 1.50 bits per heavy atom. The Labute approximate surface area is 201 Å². The molecular formula is C25H39NO8. The number of carbonyl (C=O) groups excluding carboxylic acids is 5. The van der Waals surface area contributed by atoms with E-state index in [-0.39, 0.29) is 43.7 Å². The minimum atomic E-state index is -0.988. The van der Waals surface area contributed by atoms with Gasteiger partial charge in [-0.1, -0.05) is 13.8 Å². The molecule has 2 rings (SSSR count). The number of likely N-dealkylation sites (tertiary alicyclic amines) is 1. The number of hydrogen-bond acceptors (Lipinski definition) is 8. The summed E-state index contributed by atoms with van der Waals surface area (Å²) >= 11 is 0. The molecule has 192 valence electrons. The van der Waals surface area contributed by atoms with Gasteiger partial charge in [-0.05, 0) is 58.8 Å². The van der Waals surface area contributed by atoms with Crippen molar-refractivity contribution in [1.29, 1.82) is 0 Å². The van der Waals surface area contributed by atoms with Crippen molar-refractivity contribution in [3.05, 3.63) is 0 Å². The number of nitrogens with zero attached hydrogens (tertiary/aromatic N) is 1. The first kappa shape index (κ1) is 28.0. The van der Waals surface area contributed by atoms with Gasteiger partial charge in [0.2, 0.25) is 11.8 Å². The molecule has 1 aliphatic carbocycles. The van der Waals surface area contributed by atoms with Crippen LogP contribution >= 0.6 is 0 Å². The number of ether oxygens (including phenoxy) is 3. The topological polar surface area (TPSA) is 116 Å². The van der Waals surface area contributed by atoms with Crippen LogP contribution in [0.2, 0.25) is 0 Å². The van der Waals surface area contributed by atoms with Gasteiger partial charge >= 0.3 is 11.9 Å². The van der Waals surface area contributed by atoms with Crippen molar-refractivity contribution in [1.82, 2.24) is 4.90 Å². The molecule has 1 heterocycles. The zero-order chi connectivity index (χ0) is 25.6. The van der Waals surface area contributed by atoms with Crippen molar-refractivity contribution in [2.24, 2.45) is 23.7 Å². The third-order valence-electron chi connectivity index (χ3n) is 6.75. The Kier molecular flexibility index (Phi) is 10.2. The lowest BCUT2D eigenvalue weighted by molar-refractivity contribution is -0.168. The number of ketones is 1. The Bertz CT molecular complexity index is 763. The molecule has 34 heavy (non-hydrogen) atoms. The molecule has 1 saturated heterocycles. The standard InChI is InChI=1S/C25H39NO8/c1-7-32-24(30)16(5)26-21(27)12-18(13-22(26)28)11-20(34-17(6)25(31)33-8-2)19-10-14(3)9-15(4)23(19)29/h14-20H,7-13H2,1-6H3/t14-,15-,16?,17?,19?,20?/m0/s1. The average Bonchev–Trinajstić information content (AvgIpc) is 2.75. The van der Waals surface area contributed by atoms with E-state index in [2.05, 4.69) is 6.92 Å². The monoisotopic (exact) mass is 481 g/mol. The molecule has 2 amide bonds. The van der Waals surface area contributed by atoms with Crippen LogP contribution in [-0.2, 0) is 38.2 Å². The predicted molar refractivity (Wildman–Crippen MR) is 122 cm³/mol. The van der Waals surface area contributed by atoms with Gasteiger partial charge in [-0.25, -0.2) is 9.59 Å². The maximum atomic E-state index is 13.0. The van der Waals surface area contributed by atoms with E-state index < -0.39 is 47.9 Å². The van der Waals surface area contributed by atoms with E-state index in [9.17, 15) is 24.0 Å². The fourth-order valence-electron chi connectivity index (χ4n) is 5.16. The van der Waals surface area contributed by atoms with Gasteiger partial charge < -0.3 is 14.2 Å². The van der Waals surface area contributed by atoms with Crippen molar-refractivity contribution in [3.63, 3.8) is 0 Å². The average molecular weight is 482 g/mol. The lowest BCUT2D eigenvalue weighted by atomic mass is 9.71. The van der Waals surface area contributed by atoms with Gasteiger partial charge in [0, 0.05) is 24.7 Å². The summed E-state index contributed by atoms with van der Waals surface area (Å²) in [7, 11) is 0. The van der Waals surface area contributed by atoms with E-state index in [1.165, 1.54) is 6.92 Å². The van der Waals surface area contributed by atoms with E-state index in [1.54, 1.807) is 20.8 Å². The molecule has 0 N–H and O–H groups in total. The van der Waals surface area contributed by atoms with Gasteiger partial charge in [0.05, 0.1) is 19.3 Å². The molecule has 4 unspecified atom stereocenters. The summed E-state index contributed by atoms with van der Waals surface area (Å²) in [5.41, 5.74) is 0. The highest BCUT2D eigenvalue weighted by atomic mass is 16.6. The Morgan fingerprint density at radius 1 is 0.941 bits per heavy atom. The fraction of sp³-hybridized carbons (Fsp3) is 0.800. The summed E-state index contributed by atoms with van der Waals surface area (Å²) in [5, 5.41) is 0. The summed E-state index contributed by atoms with van der Waals surface area (Å²) in [6.45, 7) is 10.8. The maximum absolute atomic E-state index is 13.0. The zero-order valence-electron chi connectivity index (χ0n) is 21.2. The number of rotatable bonds is 10. The number of hydrogen-bond donors (Lipinski definition) is 0. The number of piperidine rings is 1. The van der Waals surface area contributed by atoms with E-state index in [0.29, 0.717) is 18.8 Å². The molecule has 0 aromatic heterocycles. The number of amides is 2. The van der Waals surface area contributed by atoms with E-state index in [0.717, 1.165) is 11.3 Å². The number of imide groups is 1. The molecule has 2 aliphatic rings. The Balaban J connectivity index is 2.18. The lowest BCUT2D eigenvalue weighted by Gasteiger charge is -2.39. The highest BCUT2D eigenvalue weighted by molar-refractivity contribution is 6.01.